The molecular formula is C18H22N2O2. The molecule has 4 heteroatoms. The average molecular weight is 298 g/mol. The minimum Gasteiger partial charge on any atom is -0.487 e. The second-order valence-electron chi connectivity index (χ2n) is 5.71. The Kier molecular flexibility index (Phi) is 5.03. The molecule has 1 aromatic heterocycles. The van der Waals surface area contributed by atoms with Crippen LogP contribution in [0.15, 0.2) is 48.7 Å². The molecule has 3 rings (SSSR count). The van der Waals surface area contributed by atoms with E-state index in [-0.39, 0.29) is 6.61 Å². The lowest BCUT2D eigenvalue weighted by Gasteiger charge is -2.22. The lowest BCUT2D eigenvalue weighted by molar-refractivity contribution is 0.153. The minimum atomic E-state index is 0.246. The summed E-state index contributed by atoms with van der Waals surface area (Å²) in [4.78, 5) is 6.60. The third kappa shape index (κ3) is 3.84. The number of aliphatic hydroxyl groups is 1. The van der Waals surface area contributed by atoms with Crippen LogP contribution in [-0.2, 0) is 13.2 Å². The van der Waals surface area contributed by atoms with Crippen LogP contribution < -0.4 is 4.74 Å². The Bertz CT molecular complexity index is 589. The molecule has 0 aliphatic carbocycles. The van der Waals surface area contributed by atoms with Crippen LogP contribution in [0.2, 0.25) is 0 Å². The van der Waals surface area contributed by atoms with Gasteiger partial charge in [0.2, 0.25) is 0 Å². The van der Waals surface area contributed by atoms with E-state index in [4.69, 9.17) is 4.74 Å². The highest BCUT2D eigenvalue weighted by molar-refractivity contribution is 5.28. The van der Waals surface area contributed by atoms with Gasteiger partial charge in [0.1, 0.15) is 12.4 Å². The first kappa shape index (κ1) is 15.0. The fourth-order valence-corrected chi connectivity index (χ4v) is 2.92. The zero-order valence-electron chi connectivity index (χ0n) is 12.7. The number of aliphatic hydroxyl groups excluding tert-OH is 1. The molecule has 1 aliphatic heterocycles. The molecule has 2 heterocycles. The summed E-state index contributed by atoms with van der Waals surface area (Å²) in [5.41, 5.74) is 2.15. The Labute approximate surface area is 131 Å². The minimum absolute atomic E-state index is 0.246. The maximum Gasteiger partial charge on any atom is 0.130 e. The van der Waals surface area contributed by atoms with Crippen LogP contribution in [-0.4, -0.2) is 34.2 Å². The van der Waals surface area contributed by atoms with Crippen molar-refractivity contribution < 1.29 is 9.84 Å². The van der Waals surface area contributed by atoms with Crippen molar-refractivity contribution in [1.82, 2.24) is 9.88 Å². The zero-order chi connectivity index (χ0) is 15.2. The smallest absolute Gasteiger partial charge is 0.130 e. The Balaban J connectivity index is 1.60. The van der Waals surface area contributed by atoms with Crippen LogP contribution in [0.1, 0.15) is 24.1 Å². The van der Waals surface area contributed by atoms with Gasteiger partial charge in [0, 0.05) is 18.8 Å². The largest absolute Gasteiger partial charge is 0.487 e. The predicted octanol–water partition coefficient (Wildman–Crippen LogP) is 2.62. The Morgan fingerprint density at radius 2 is 2.18 bits per heavy atom. The molecule has 1 unspecified atom stereocenters. The molecule has 0 bridgehead atoms. The van der Waals surface area contributed by atoms with Crippen molar-refractivity contribution in [3.05, 3.63) is 59.9 Å². The summed E-state index contributed by atoms with van der Waals surface area (Å²) in [7, 11) is 0. The standard InChI is InChI=1S/C18H22N2O2/c21-13-17-7-4-10-20(17)12-15-5-3-8-18(11-15)22-14-16-6-1-2-9-19-16/h1-3,5-6,8-9,11,17,21H,4,7,10,12-14H2. The number of pyridine rings is 1. The third-order valence-corrected chi connectivity index (χ3v) is 4.11. The molecule has 1 saturated heterocycles. The van der Waals surface area contributed by atoms with Crippen LogP contribution in [0.5, 0.6) is 5.75 Å². The van der Waals surface area contributed by atoms with Crippen molar-refractivity contribution in [2.24, 2.45) is 0 Å². The third-order valence-electron chi connectivity index (χ3n) is 4.11. The molecule has 0 saturated carbocycles. The first-order chi connectivity index (χ1) is 10.8. The molecule has 1 atom stereocenters. The second kappa shape index (κ2) is 7.38. The summed E-state index contributed by atoms with van der Waals surface area (Å²) in [5, 5.41) is 9.41. The second-order valence-corrected chi connectivity index (χ2v) is 5.71. The topological polar surface area (TPSA) is 45.6 Å². The van der Waals surface area contributed by atoms with Crippen LogP contribution >= 0.6 is 0 Å². The van der Waals surface area contributed by atoms with Crippen LogP contribution in [0.4, 0.5) is 0 Å². The van der Waals surface area contributed by atoms with Gasteiger partial charge < -0.3 is 9.84 Å². The summed E-state index contributed by atoms with van der Waals surface area (Å²) >= 11 is 0. The molecule has 0 radical (unpaired) electrons. The van der Waals surface area contributed by atoms with E-state index in [1.165, 1.54) is 12.0 Å². The molecule has 1 aromatic carbocycles. The summed E-state index contributed by atoms with van der Waals surface area (Å²) < 4.78 is 5.82. The number of aromatic nitrogens is 1. The first-order valence-corrected chi connectivity index (χ1v) is 7.82. The van der Waals surface area contributed by atoms with Gasteiger partial charge in [-0.1, -0.05) is 18.2 Å². The molecule has 1 N–H and O–H groups in total. The van der Waals surface area contributed by atoms with Crippen molar-refractivity contribution in [3.8, 4) is 5.75 Å². The van der Waals surface area contributed by atoms with Crippen LogP contribution in [0.3, 0.4) is 0 Å². The number of ether oxygens (including phenoxy) is 1. The highest BCUT2D eigenvalue weighted by Crippen LogP contribution is 2.22. The van der Waals surface area contributed by atoms with Crippen LogP contribution in [0.25, 0.3) is 0 Å². The van der Waals surface area contributed by atoms with Gasteiger partial charge in [-0.15, -0.1) is 0 Å². The SMILES string of the molecule is OCC1CCCN1Cc1cccc(OCc2ccccn2)c1. The lowest BCUT2D eigenvalue weighted by Crippen LogP contribution is -2.31. The molecule has 0 amide bonds. The molecule has 22 heavy (non-hydrogen) atoms. The maximum absolute atomic E-state index is 9.41. The summed E-state index contributed by atoms with van der Waals surface area (Å²) in [6, 6.07) is 14.3. The molecule has 2 aromatic rings. The number of nitrogens with zero attached hydrogens (tertiary/aromatic N) is 2. The van der Waals surface area contributed by atoms with Crippen molar-refractivity contribution in [3.63, 3.8) is 0 Å². The van der Waals surface area contributed by atoms with E-state index in [1.807, 2.05) is 30.3 Å². The maximum atomic E-state index is 9.41. The van der Waals surface area contributed by atoms with Crippen molar-refractivity contribution in [2.45, 2.75) is 32.0 Å². The summed E-state index contributed by atoms with van der Waals surface area (Å²) in [6.45, 7) is 2.65. The van der Waals surface area contributed by atoms with Gasteiger partial charge in [-0.25, -0.2) is 0 Å². The van der Waals surface area contributed by atoms with Gasteiger partial charge in [0.15, 0.2) is 0 Å². The lowest BCUT2D eigenvalue weighted by atomic mass is 10.2. The van der Waals surface area contributed by atoms with Gasteiger partial charge in [-0.2, -0.15) is 0 Å². The zero-order valence-corrected chi connectivity index (χ0v) is 12.7. The van der Waals surface area contributed by atoms with Gasteiger partial charge in [-0.3, -0.25) is 9.88 Å². The Morgan fingerprint density at radius 3 is 3.00 bits per heavy atom. The predicted molar refractivity (Wildman–Crippen MR) is 85.5 cm³/mol. The number of benzene rings is 1. The Hall–Kier alpha value is -1.91. The molecular weight excluding hydrogens is 276 g/mol. The van der Waals surface area contributed by atoms with Crippen molar-refractivity contribution in [1.29, 1.82) is 0 Å². The quantitative estimate of drug-likeness (QED) is 0.890. The fraction of sp³-hybridized carbons (Fsp3) is 0.389. The highest BCUT2D eigenvalue weighted by Gasteiger charge is 2.23. The summed E-state index contributed by atoms with van der Waals surface area (Å²) in [5.74, 6) is 0.864. The van der Waals surface area contributed by atoms with Gasteiger partial charge in [0.05, 0.1) is 12.3 Å². The van der Waals surface area contributed by atoms with E-state index >= 15 is 0 Å². The number of hydrogen-bond acceptors (Lipinski definition) is 4. The molecule has 0 spiro atoms. The average Bonchev–Trinajstić information content (AvgIpc) is 3.01. The first-order valence-electron chi connectivity index (χ1n) is 7.82. The van der Waals surface area contributed by atoms with E-state index in [9.17, 15) is 5.11 Å². The molecule has 1 aliphatic rings. The number of rotatable bonds is 6. The monoisotopic (exact) mass is 298 g/mol. The highest BCUT2D eigenvalue weighted by atomic mass is 16.5. The van der Waals surface area contributed by atoms with Crippen LogP contribution in [0, 0.1) is 0 Å². The van der Waals surface area contributed by atoms with Crippen molar-refractivity contribution in [2.75, 3.05) is 13.2 Å². The number of hydrogen-bond donors (Lipinski definition) is 1. The molecule has 1 fully saturated rings. The van der Waals surface area contributed by atoms with Gasteiger partial charge in [0.25, 0.3) is 0 Å². The fourth-order valence-electron chi connectivity index (χ4n) is 2.92. The van der Waals surface area contributed by atoms with Crippen molar-refractivity contribution >= 4 is 0 Å². The molecule has 4 nitrogen and oxygen atoms in total. The Morgan fingerprint density at radius 1 is 1.23 bits per heavy atom. The van der Waals surface area contributed by atoms with E-state index in [1.54, 1.807) is 6.20 Å². The van der Waals surface area contributed by atoms with Gasteiger partial charge in [-0.05, 0) is 49.2 Å². The van der Waals surface area contributed by atoms with Gasteiger partial charge >= 0.3 is 0 Å². The van der Waals surface area contributed by atoms with E-state index in [0.29, 0.717) is 12.6 Å². The molecule has 116 valence electrons. The van der Waals surface area contributed by atoms with E-state index < -0.39 is 0 Å². The number of likely N-dealkylation sites (tertiary alicyclic amines) is 1. The van der Waals surface area contributed by atoms with E-state index in [2.05, 4.69) is 22.0 Å². The summed E-state index contributed by atoms with van der Waals surface area (Å²) in [6.07, 6.45) is 4.03. The normalized spacial score (nSPS) is 18.5. The van der Waals surface area contributed by atoms with E-state index in [0.717, 1.165) is 31.0 Å².